The zero-order valence-electron chi connectivity index (χ0n) is 10.8. The van der Waals surface area contributed by atoms with Gasteiger partial charge in [0.1, 0.15) is 0 Å². The van der Waals surface area contributed by atoms with Crippen LogP contribution in [0.15, 0.2) is 24.3 Å². The van der Waals surface area contributed by atoms with Crippen molar-refractivity contribution in [3.63, 3.8) is 0 Å². The molecule has 1 aromatic rings. The Balaban J connectivity index is 2.11. The van der Waals surface area contributed by atoms with Gasteiger partial charge in [0.25, 0.3) is 0 Å². The van der Waals surface area contributed by atoms with Crippen molar-refractivity contribution in [1.82, 2.24) is 0 Å². The number of rotatable bonds is 5. The maximum Gasteiger partial charge on any atom is 0.0585 e. The van der Waals surface area contributed by atoms with Gasteiger partial charge in [-0.05, 0) is 35.6 Å². The fraction of sp³-hybridized carbons (Fsp3) is 0.600. The smallest absolute Gasteiger partial charge is 0.0585 e. The Labute approximate surface area is 110 Å². The van der Waals surface area contributed by atoms with E-state index < -0.39 is 0 Å². The van der Waals surface area contributed by atoms with Crippen LogP contribution in [-0.4, -0.2) is 19.0 Å². The summed E-state index contributed by atoms with van der Waals surface area (Å²) in [5.41, 5.74) is 3.10. The van der Waals surface area contributed by atoms with E-state index >= 15 is 0 Å². The number of ether oxygens (including phenoxy) is 1. The molecule has 1 heterocycles. The van der Waals surface area contributed by atoms with Crippen LogP contribution in [0.1, 0.15) is 31.4 Å². The molecule has 0 unspecified atom stereocenters. The second-order valence-corrected chi connectivity index (χ2v) is 5.99. The van der Waals surface area contributed by atoms with Gasteiger partial charge in [-0.2, -0.15) is 12.6 Å². The first-order valence-corrected chi connectivity index (χ1v) is 7.07. The first-order valence-electron chi connectivity index (χ1n) is 6.44. The van der Waals surface area contributed by atoms with Crippen molar-refractivity contribution in [3.05, 3.63) is 35.4 Å². The summed E-state index contributed by atoms with van der Waals surface area (Å²) in [4.78, 5) is 0. The summed E-state index contributed by atoms with van der Waals surface area (Å²) in [5.74, 6) is 1.65. The fourth-order valence-corrected chi connectivity index (χ4v) is 2.91. The molecule has 1 saturated heterocycles. The molecule has 0 aliphatic carbocycles. The van der Waals surface area contributed by atoms with Crippen LogP contribution in [0.4, 0.5) is 0 Å². The van der Waals surface area contributed by atoms with Gasteiger partial charge >= 0.3 is 0 Å². The Bertz CT molecular complexity index is 352. The molecule has 1 nitrogen and oxygen atoms in total. The van der Waals surface area contributed by atoms with Crippen LogP contribution in [0.3, 0.4) is 0 Å². The molecular weight excluding hydrogens is 228 g/mol. The van der Waals surface area contributed by atoms with Crippen LogP contribution in [0.5, 0.6) is 0 Å². The summed E-state index contributed by atoms with van der Waals surface area (Å²) >= 11 is 4.36. The molecule has 2 heteroatoms. The van der Waals surface area contributed by atoms with Crippen molar-refractivity contribution in [2.45, 2.75) is 32.1 Å². The highest BCUT2D eigenvalue weighted by atomic mass is 32.1. The van der Waals surface area contributed by atoms with E-state index in [1.807, 2.05) is 0 Å². The lowest BCUT2D eigenvalue weighted by Crippen LogP contribution is -2.47. The number of hydrogen-bond donors (Lipinski definition) is 1. The van der Waals surface area contributed by atoms with Crippen molar-refractivity contribution in [2.24, 2.45) is 5.92 Å². The van der Waals surface area contributed by atoms with Gasteiger partial charge in [-0.25, -0.2) is 0 Å². The van der Waals surface area contributed by atoms with E-state index in [2.05, 4.69) is 50.7 Å². The third-order valence-corrected chi connectivity index (χ3v) is 3.78. The lowest BCUT2D eigenvalue weighted by molar-refractivity contribution is -0.0613. The summed E-state index contributed by atoms with van der Waals surface area (Å²) in [6, 6.07) is 9.11. The summed E-state index contributed by atoms with van der Waals surface area (Å²) in [6.07, 6.45) is 2.27. The van der Waals surface area contributed by atoms with Crippen LogP contribution >= 0.6 is 12.6 Å². The van der Waals surface area contributed by atoms with E-state index in [9.17, 15) is 0 Å². The second-order valence-electron chi connectivity index (χ2n) is 5.54. The minimum atomic E-state index is 0.248. The van der Waals surface area contributed by atoms with Crippen LogP contribution in [0.25, 0.3) is 0 Å². The normalized spacial score (nSPS) is 18.1. The molecule has 1 aliphatic heterocycles. The minimum Gasteiger partial charge on any atom is -0.379 e. The lowest BCUT2D eigenvalue weighted by Gasteiger charge is -2.42. The Kier molecular flexibility index (Phi) is 4.16. The SMILES string of the molecule is CC(C)Cc1ccc(C2(CCS)COC2)cc1. The Morgan fingerprint density at radius 3 is 2.29 bits per heavy atom. The molecule has 1 aromatic carbocycles. The van der Waals surface area contributed by atoms with Gasteiger partial charge in [0.2, 0.25) is 0 Å². The summed E-state index contributed by atoms with van der Waals surface area (Å²) < 4.78 is 5.41. The van der Waals surface area contributed by atoms with Crippen molar-refractivity contribution in [2.75, 3.05) is 19.0 Å². The molecule has 2 rings (SSSR count). The van der Waals surface area contributed by atoms with Crippen molar-refractivity contribution in [1.29, 1.82) is 0 Å². The molecule has 0 spiro atoms. The molecule has 0 aromatic heterocycles. The molecule has 0 radical (unpaired) electrons. The quantitative estimate of drug-likeness (QED) is 0.787. The van der Waals surface area contributed by atoms with Crippen LogP contribution in [0.2, 0.25) is 0 Å². The lowest BCUT2D eigenvalue weighted by atomic mass is 9.76. The average molecular weight is 250 g/mol. The molecule has 0 N–H and O–H groups in total. The Morgan fingerprint density at radius 1 is 1.24 bits per heavy atom. The van der Waals surface area contributed by atoms with Gasteiger partial charge in [0.15, 0.2) is 0 Å². The zero-order valence-corrected chi connectivity index (χ0v) is 11.7. The molecule has 94 valence electrons. The highest BCUT2D eigenvalue weighted by Gasteiger charge is 2.39. The van der Waals surface area contributed by atoms with Gasteiger partial charge in [0.05, 0.1) is 13.2 Å². The molecular formula is C15H22OS. The topological polar surface area (TPSA) is 9.23 Å². The average Bonchev–Trinajstić information content (AvgIpc) is 2.24. The summed E-state index contributed by atoms with van der Waals surface area (Å²) in [6.45, 7) is 6.24. The Hall–Kier alpha value is -0.470. The van der Waals surface area contributed by atoms with Gasteiger partial charge < -0.3 is 4.74 Å². The third kappa shape index (κ3) is 2.86. The minimum absolute atomic E-state index is 0.248. The highest BCUT2D eigenvalue weighted by Crippen LogP contribution is 2.36. The number of benzene rings is 1. The molecule has 1 aliphatic rings. The van der Waals surface area contributed by atoms with Crippen molar-refractivity contribution >= 4 is 12.6 Å². The van der Waals surface area contributed by atoms with E-state index in [4.69, 9.17) is 4.74 Å². The molecule has 17 heavy (non-hydrogen) atoms. The van der Waals surface area contributed by atoms with Crippen LogP contribution < -0.4 is 0 Å². The van der Waals surface area contributed by atoms with Gasteiger partial charge in [-0.1, -0.05) is 38.1 Å². The number of hydrogen-bond acceptors (Lipinski definition) is 2. The zero-order chi connectivity index (χ0) is 12.3. The van der Waals surface area contributed by atoms with E-state index in [1.54, 1.807) is 0 Å². The first kappa shape index (κ1) is 13.0. The van der Waals surface area contributed by atoms with E-state index in [0.717, 1.165) is 37.7 Å². The van der Waals surface area contributed by atoms with E-state index in [0.29, 0.717) is 0 Å². The highest BCUT2D eigenvalue weighted by molar-refractivity contribution is 7.80. The molecule has 1 fully saturated rings. The van der Waals surface area contributed by atoms with E-state index in [1.165, 1.54) is 11.1 Å². The maximum atomic E-state index is 5.41. The summed E-state index contributed by atoms with van der Waals surface area (Å²) in [5, 5.41) is 0. The van der Waals surface area contributed by atoms with Crippen LogP contribution in [-0.2, 0) is 16.6 Å². The molecule has 0 saturated carbocycles. The Morgan fingerprint density at radius 2 is 1.88 bits per heavy atom. The largest absolute Gasteiger partial charge is 0.379 e. The van der Waals surface area contributed by atoms with Gasteiger partial charge in [0, 0.05) is 5.41 Å². The summed E-state index contributed by atoms with van der Waals surface area (Å²) in [7, 11) is 0. The maximum absolute atomic E-state index is 5.41. The number of thiol groups is 1. The first-order chi connectivity index (χ1) is 8.16. The predicted octanol–water partition coefficient (Wildman–Crippen LogP) is 3.47. The van der Waals surface area contributed by atoms with Gasteiger partial charge in [-0.3, -0.25) is 0 Å². The second kappa shape index (κ2) is 5.45. The third-order valence-electron chi connectivity index (χ3n) is 3.56. The monoisotopic (exact) mass is 250 g/mol. The van der Waals surface area contributed by atoms with E-state index in [-0.39, 0.29) is 5.41 Å². The van der Waals surface area contributed by atoms with Crippen molar-refractivity contribution < 1.29 is 4.74 Å². The van der Waals surface area contributed by atoms with Gasteiger partial charge in [-0.15, -0.1) is 0 Å². The standard InChI is InChI=1S/C15H22OS/c1-12(2)9-13-3-5-14(6-4-13)15(7-8-17)10-16-11-15/h3-6,12,17H,7-11H2,1-2H3. The van der Waals surface area contributed by atoms with Crippen LogP contribution in [0, 0.1) is 5.92 Å². The molecule has 0 amide bonds. The predicted molar refractivity (Wildman–Crippen MR) is 76.0 cm³/mol. The van der Waals surface area contributed by atoms with Crippen molar-refractivity contribution in [3.8, 4) is 0 Å². The molecule has 0 bridgehead atoms. The fourth-order valence-electron chi connectivity index (χ4n) is 2.48. The molecule has 0 atom stereocenters.